The van der Waals surface area contributed by atoms with Crippen molar-refractivity contribution < 1.29 is 9.53 Å². The largest absolute Gasteiger partial charge is 0.444 e. The molecule has 0 bridgehead atoms. The van der Waals surface area contributed by atoms with E-state index in [1.165, 1.54) is 5.56 Å². The smallest absolute Gasteiger partial charge is 0.407 e. The van der Waals surface area contributed by atoms with Gasteiger partial charge < -0.3 is 15.0 Å². The van der Waals surface area contributed by atoms with Gasteiger partial charge in [-0.1, -0.05) is 28.1 Å². The van der Waals surface area contributed by atoms with Crippen LogP contribution in [0.4, 0.5) is 4.79 Å². The lowest BCUT2D eigenvalue weighted by Gasteiger charge is -2.32. The molecule has 0 aromatic heterocycles. The maximum Gasteiger partial charge on any atom is 0.407 e. The highest BCUT2D eigenvalue weighted by Crippen LogP contribution is 2.15. The highest BCUT2D eigenvalue weighted by atomic mass is 79.9. The summed E-state index contributed by atoms with van der Waals surface area (Å²) < 4.78 is 6.44. The number of benzene rings is 1. The molecule has 1 saturated heterocycles. The molecule has 2 rings (SSSR count). The summed E-state index contributed by atoms with van der Waals surface area (Å²) in [5, 5.41) is 2.98. The van der Waals surface area contributed by atoms with Crippen molar-refractivity contribution in [1.82, 2.24) is 10.2 Å². The first kappa shape index (κ1) is 18.3. The van der Waals surface area contributed by atoms with Crippen LogP contribution in [-0.2, 0) is 11.2 Å². The third kappa shape index (κ3) is 6.92. The fraction of sp³-hybridized carbons (Fsp3) is 0.611. The van der Waals surface area contributed by atoms with Crippen LogP contribution < -0.4 is 5.32 Å². The Balaban J connectivity index is 1.67. The maximum atomic E-state index is 11.8. The molecular formula is C18H27BrN2O2. The molecule has 0 unspecified atom stereocenters. The number of hydrogen-bond acceptors (Lipinski definition) is 3. The molecule has 1 aromatic rings. The second-order valence-corrected chi connectivity index (χ2v) is 8.05. The van der Waals surface area contributed by atoms with Crippen LogP contribution in [0.5, 0.6) is 0 Å². The molecule has 5 heteroatoms. The monoisotopic (exact) mass is 382 g/mol. The first-order chi connectivity index (χ1) is 10.8. The predicted octanol–water partition coefficient (Wildman–Crippen LogP) is 3.98. The van der Waals surface area contributed by atoms with Gasteiger partial charge in [0.15, 0.2) is 0 Å². The molecule has 1 aromatic carbocycles. The molecule has 1 heterocycles. The van der Waals surface area contributed by atoms with Gasteiger partial charge in [-0.15, -0.1) is 0 Å². The number of likely N-dealkylation sites (tertiary alicyclic amines) is 1. The highest BCUT2D eigenvalue weighted by molar-refractivity contribution is 9.10. The van der Waals surface area contributed by atoms with Crippen molar-refractivity contribution in [2.75, 3.05) is 19.6 Å². The number of carbonyl (C=O) groups excluding carboxylic acids is 1. The summed E-state index contributed by atoms with van der Waals surface area (Å²) in [4.78, 5) is 14.3. The van der Waals surface area contributed by atoms with Crippen molar-refractivity contribution >= 4 is 22.0 Å². The second kappa shape index (κ2) is 8.15. The summed E-state index contributed by atoms with van der Waals surface area (Å²) in [5.41, 5.74) is 0.928. The number of carbonyl (C=O) groups is 1. The van der Waals surface area contributed by atoms with Gasteiger partial charge in [-0.2, -0.15) is 0 Å². The Morgan fingerprint density at radius 1 is 1.26 bits per heavy atom. The lowest BCUT2D eigenvalue weighted by Crippen LogP contribution is -2.46. The third-order valence-electron chi connectivity index (χ3n) is 3.94. The van der Waals surface area contributed by atoms with Crippen molar-refractivity contribution in [3.8, 4) is 0 Å². The van der Waals surface area contributed by atoms with Gasteiger partial charge in [0.25, 0.3) is 0 Å². The van der Waals surface area contributed by atoms with E-state index in [1.807, 2.05) is 20.8 Å². The number of nitrogens with one attached hydrogen (secondary N) is 1. The zero-order chi connectivity index (χ0) is 16.9. The molecule has 1 amide bonds. The number of piperidine rings is 1. The zero-order valence-corrected chi connectivity index (χ0v) is 15.9. The van der Waals surface area contributed by atoms with Gasteiger partial charge in [0.05, 0.1) is 0 Å². The van der Waals surface area contributed by atoms with Crippen molar-refractivity contribution in [1.29, 1.82) is 0 Å². The lowest BCUT2D eigenvalue weighted by molar-refractivity contribution is 0.0479. The first-order valence-electron chi connectivity index (χ1n) is 8.28. The summed E-state index contributed by atoms with van der Waals surface area (Å²) in [6.07, 6.45) is 2.74. The average molecular weight is 383 g/mol. The number of alkyl carbamates (subject to hydrolysis) is 1. The van der Waals surface area contributed by atoms with Gasteiger partial charge in [0.1, 0.15) is 5.60 Å². The Bertz CT molecular complexity index is 503. The van der Waals surface area contributed by atoms with Gasteiger partial charge in [0, 0.05) is 30.1 Å². The molecule has 0 atom stereocenters. The maximum absolute atomic E-state index is 11.8. The Hall–Kier alpha value is -1.07. The summed E-state index contributed by atoms with van der Waals surface area (Å²) >= 11 is 3.46. The van der Waals surface area contributed by atoms with E-state index >= 15 is 0 Å². The van der Waals surface area contributed by atoms with Crippen molar-refractivity contribution in [3.63, 3.8) is 0 Å². The van der Waals surface area contributed by atoms with E-state index in [0.717, 1.165) is 43.4 Å². The van der Waals surface area contributed by atoms with Crippen LogP contribution in [-0.4, -0.2) is 42.3 Å². The minimum absolute atomic E-state index is 0.230. The number of hydrogen-bond donors (Lipinski definition) is 1. The number of halogens is 1. The van der Waals surface area contributed by atoms with E-state index in [-0.39, 0.29) is 12.1 Å². The first-order valence-corrected chi connectivity index (χ1v) is 9.07. The van der Waals surface area contributed by atoms with E-state index in [1.54, 1.807) is 0 Å². The second-order valence-electron chi connectivity index (χ2n) is 7.14. The van der Waals surface area contributed by atoms with Gasteiger partial charge in [-0.25, -0.2) is 4.79 Å². The van der Waals surface area contributed by atoms with E-state index in [2.05, 4.69) is 50.4 Å². The van der Waals surface area contributed by atoms with Crippen LogP contribution >= 0.6 is 15.9 Å². The Morgan fingerprint density at radius 2 is 1.87 bits per heavy atom. The van der Waals surface area contributed by atoms with E-state index < -0.39 is 5.60 Å². The van der Waals surface area contributed by atoms with E-state index in [4.69, 9.17) is 4.74 Å². The third-order valence-corrected chi connectivity index (χ3v) is 4.47. The zero-order valence-electron chi connectivity index (χ0n) is 14.3. The normalized spacial score (nSPS) is 17.0. The van der Waals surface area contributed by atoms with Crippen LogP contribution in [0, 0.1) is 0 Å². The molecule has 1 N–H and O–H groups in total. The van der Waals surface area contributed by atoms with Crippen LogP contribution in [0.3, 0.4) is 0 Å². The predicted molar refractivity (Wildman–Crippen MR) is 96.7 cm³/mol. The molecule has 0 spiro atoms. The van der Waals surface area contributed by atoms with Crippen molar-refractivity contribution in [3.05, 3.63) is 34.3 Å². The quantitative estimate of drug-likeness (QED) is 0.855. The number of amides is 1. The van der Waals surface area contributed by atoms with E-state index in [0.29, 0.717) is 0 Å². The van der Waals surface area contributed by atoms with Crippen LogP contribution in [0.15, 0.2) is 28.7 Å². The topological polar surface area (TPSA) is 41.6 Å². The minimum atomic E-state index is -0.435. The molecule has 4 nitrogen and oxygen atoms in total. The van der Waals surface area contributed by atoms with Crippen molar-refractivity contribution in [2.45, 2.75) is 51.7 Å². The molecule has 0 radical (unpaired) electrons. The van der Waals surface area contributed by atoms with Gasteiger partial charge in [-0.05, 0) is 57.7 Å². The molecule has 23 heavy (non-hydrogen) atoms. The summed E-state index contributed by atoms with van der Waals surface area (Å²) in [6.45, 7) is 8.78. The van der Waals surface area contributed by atoms with Crippen LogP contribution in [0.25, 0.3) is 0 Å². The van der Waals surface area contributed by atoms with Crippen molar-refractivity contribution in [2.24, 2.45) is 0 Å². The lowest BCUT2D eigenvalue weighted by atomic mass is 10.0. The molecule has 1 aliphatic heterocycles. The van der Waals surface area contributed by atoms with Gasteiger partial charge in [-0.3, -0.25) is 0 Å². The molecule has 1 fully saturated rings. The molecule has 1 aliphatic rings. The van der Waals surface area contributed by atoms with Gasteiger partial charge >= 0.3 is 6.09 Å². The molecule has 0 aliphatic carbocycles. The number of ether oxygens (including phenoxy) is 1. The summed E-state index contributed by atoms with van der Waals surface area (Å²) in [6, 6.07) is 8.74. The Labute approximate surface area is 147 Å². The summed E-state index contributed by atoms with van der Waals surface area (Å²) in [7, 11) is 0. The number of nitrogens with zero attached hydrogens (tertiary/aromatic N) is 1. The molecule has 0 saturated carbocycles. The fourth-order valence-electron chi connectivity index (χ4n) is 2.71. The summed E-state index contributed by atoms with van der Waals surface area (Å²) in [5.74, 6) is 0. The highest BCUT2D eigenvalue weighted by Gasteiger charge is 2.23. The van der Waals surface area contributed by atoms with Crippen LogP contribution in [0.2, 0.25) is 0 Å². The van der Waals surface area contributed by atoms with E-state index in [9.17, 15) is 4.79 Å². The number of rotatable bonds is 4. The fourth-order valence-corrected chi connectivity index (χ4v) is 2.98. The SMILES string of the molecule is CC(C)(C)OC(=O)NC1CCN(CCc2ccc(Br)cc2)CC1. The van der Waals surface area contributed by atoms with Crippen LogP contribution in [0.1, 0.15) is 39.2 Å². The standard InChI is InChI=1S/C18H27BrN2O2/c1-18(2,3)23-17(22)20-16-9-12-21(13-10-16)11-8-14-4-6-15(19)7-5-14/h4-7,16H,8-13H2,1-3H3,(H,20,22). The average Bonchev–Trinajstić information content (AvgIpc) is 2.46. The Morgan fingerprint density at radius 3 is 2.43 bits per heavy atom. The minimum Gasteiger partial charge on any atom is -0.444 e. The van der Waals surface area contributed by atoms with Gasteiger partial charge in [0.2, 0.25) is 0 Å². The Kier molecular flexibility index (Phi) is 6.48. The molecule has 128 valence electrons. The molecular weight excluding hydrogens is 356 g/mol.